The molecule has 0 bridgehead atoms. The van der Waals surface area contributed by atoms with Crippen LogP contribution < -0.4 is 0 Å². The first-order valence-electron chi connectivity index (χ1n) is 11.4. The lowest BCUT2D eigenvalue weighted by molar-refractivity contribution is -0.210. The summed E-state index contributed by atoms with van der Waals surface area (Å²) in [6.45, 7) is 6.15. The highest BCUT2D eigenvalue weighted by molar-refractivity contribution is 6.01. The maximum absolute atomic E-state index is 12.7. The lowest BCUT2D eigenvalue weighted by atomic mass is 9.46. The zero-order valence-electron chi connectivity index (χ0n) is 18.0. The van der Waals surface area contributed by atoms with Crippen molar-refractivity contribution < 1.29 is 29.3 Å². The van der Waals surface area contributed by atoms with Gasteiger partial charge in [-0.3, -0.25) is 4.79 Å². The van der Waals surface area contributed by atoms with Crippen LogP contribution in [0, 0.1) is 28.6 Å². The fourth-order valence-electron chi connectivity index (χ4n) is 7.87. The zero-order valence-corrected chi connectivity index (χ0v) is 18.0. The normalized spacial score (nSPS) is 51.6. The first-order chi connectivity index (χ1) is 14.2. The van der Waals surface area contributed by atoms with Crippen molar-refractivity contribution in [2.45, 2.75) is 83.4 Å². The number of hydrogen-bond donors (Lipinski definition) is 2. The van der Waals surface area contributed by atoms with Gasteiger partial charge in [0.05, 0.1) is 6.10 Å². The molecule has 1 aliphatic heterocycles. The summed E-state index contributed by atoms with van der Waals surface area (Å²) in [4.78, 5) is 24.6. The van der Waals surface area contributed by atoms with Gasteiger partial charge < -0.3 is 19.7 Å². The van der Waals surface area contributed by atoms with Gasteiger partial charge in [0.25, 0.3) is 0 Å². The molecular formula is C24H32O6. The molecule has 0 amide bonds. The molecule has 6 heteroatoms. The summed E-state index contributed by atoms with van der Waals surface area (Å²) in [6.07, 6.45) is 7.90. The van der Waals surface area contributed by atoms with E-state index in [0.717, 1.165) is 24.8 Å². The van der Waals surface area contributed by atoms with Crippen LogP contribution in [0.4, 0.5) is 0 Å². The summed E-state index contributed by atoms with van der Waals surface area (Å²) in [5.41, 5.74) is -1.37. The van der Waals surface area contributed by atoms with E-state index in [1.165, 1.54) is 0 Å². The Labute approximate surface area is 177 Å². The molecule has 0 radical (unpaired) electrons. The molecule has 1 heterocycles. The first-order valence-corrected chi connectivity index (χ1v) is 11.4. The fraction of sp³-hybridized carbons (Fsp3) is 0.750. The van der Waals surface area contributed by atoms with Crippen LogP contribution >= 0.6 is 0 Å². The van der Waals surface area contributed by atoms with Crippen molar-refractivity contribution in [2.75, 3.05) is 0 Å². The number of carbonyl (C=O) groups is 2. The molecule has 0 aromatic heterocycles. The van der Waals surface area contributed by atoms with Crippen LogP contribution in [0.2, 0.25) is 0 Å². The number of carboxylic acid groups (broad SMARTS) is 1. The number of allylic oxidation sites excluding steroid dienone is 4. The van der Waals surface area contributed by atoms with E-state index in [-0.39, 0.29) is 29.0 Å². The van der Waals surface area contributed by atoms with Gasteiger partial charge in [-0.2, -0.15) is 0 Å². The molecule has 2 N–H and O–H groups in total. The van der Waals surface area contributed by atoms with Crippen LogP contribution in [0.3, 0.4) is 0 Å². The Morgan fingerprint density at radius 2 is 2.10 bits per heavy atom. The maximum Gasteiger partial charge on any atom is 0.339 e. The Kier molecular flexibility index (Phi) is 4.42. The molecule has 5 rings (SSSR count). The van der Waals surface area contributed by atoms with Gasteiger partial charge in [-0.15, -0.1) is 0 Å². The first kappa shape index (κ1) is 20.4. The molecular weight excluding hydrogens is 384 g/mol. The van der Waals surface area contributed by atoms with Crippen molar-refractivity contribution in [1.82, 2.24) is 0 Å². The highest BCUT2D eigenvalue weighted by Crippen LogP contribution is 2.69. The van der Waals surface area contributed by atoms with E-state index in [1.807, 2.05) is 19.9 Å². The Bertz CT molecular complexity index is 847. The number of hydrogen-bond acceptors (Lipinski definition) is 5. The van der Waals surface area contributed by atoms with E-state index in [2.05, 4.69) is 6.92 Å². The molecule has 0 spiro atoms. The number of fused-ring (bicyclic) bond motifs is 7. The van der Waals surface area contributed by atoms with Gasteiger partial charge in [-0.25, -0.2) is 4.79 Å². The monoisotopic (exact) mass is 416 g/mol. The van der Waals surface area contributed by atoms with Crippen LogP contribution in [0.25, 0.3) is 0 Å². The minimum absolute atomic E-state index is 0.0139. The van der Waals surface area contributed by atoms with Gasteiger partial charge in [0.1, 0.15) is 6.10 Å². The van der Waals surface area contributed by atoms with Gasteiger partial charge in [-0.1, -0.05) is 38.8 Å². The molecule has 4 fully saturated rings. The van der Waals surface area contributed by atoms with Gasteiger partial charge in [0, 0.05) is 16.7 Å². The number of carboxylic acids is 1. The van der Waals surface area contributed by atoms with Gasteiger partial charge >= 0.3 is 5.97 Å². The highest BCUT2D eigenvalue weighted by atomic mass is 16.7. The molecule has 0 unspecified atom stereocenters. The number of aliphatic hydroxyl groups excluding tert-OH is 1. The van der Waals surface area contributed by atoms with E-state index in [9.17, 15) is 19.8 Å². The lowest BCUT2D eigenvalue weighted by Gasteiger charge is -2.59. The smallest absolute Gasteiger partial charge is 0.339 e. The van der Waals surface area contributed by atoms with E-state index in [4.69, 9.17) is 9.47 Å². The number of carbonyl (C=O) groups excluding carboxylic acids is 1. The number of ketones is 1. The SMILES string of the molecule is CCC[C@@H]1O[C@H]2C[C@@H]3[C@H]4CCC5=CC(=O)C=C[C@]5(C)[C@@H]4[C@@H](O)C[C@]3(C)[C@@]2(C(=O)O)O1. The second-order valence-electron chi connectivity index (χ2n) is 10.4. The molecule has 6 nitrogen and oxygen atoms in total. The minimum atomic E-state index is -1.40. The third-order valence-electron chi connectivity index (χ3n) is 9.13. The average molecular weight is 417 g/mol. The van der Waals surface area contributed by atoms with Crippen LogP contribution in [0.15, 0.2) is 23.8 Å². The topological polar surface area (TPSA) is 93.1 Å². The molecule has 5 aliphatic rings. The van der Waals surface area contributed by atoms with Gasteiger partial charge in [-0.05, 0) is 56.1 Å². The number of ether oxygens (including phenoxy) is 2. The molecule has 3 saturated carbocycles. The predicted octanol–water partition coefficient (Wildman–Crippen LogP) is 3.24. The molecule has 1 saturated heterocycles. The third kappa shape index (κ3) is 2.36. The van der Waals surface area contributed by atoms with E-state index >= 15 is 0 Å². The molecule has 164 valence electrons. The van der Waals surface area contributed by atoms with Crippen molar-refractivity contribution in [3.05, 3.63) is 23.8 Å². The molecule has 0 aromatic rings. The summed E-state index contributed by atoms with van der Waals surface area (Å²) < 4.78 is 12.4. The largest absolute Gasteiger partial charge is 0.479 e. The van der Waals surface area contributed by atoms with Gasteiger partial charge in [0.15, 0.2) is 17.7 Å². The Balaban J connectivity index is 1.55. The number of aliphatic carboxylic acids is 1. The van der Waals surface area contributed by atoms with Crippen LogP contribution in [-0.4, -0.2) is 46.1 Å². The second-order valence-corrected chi connectivity index (χ2v) is 10.4. The minimum Gasteiger partial charge on any atom is -0.479 e. The van der Waals surface area contributed by atoms with Gasteiger partial charge in [0.2, 0.25) is 0 Å². The summed E-state index contributed by atoms with van der Waals surface area (Å²) >= 11 is 0. The number of rotatable bonds is 3. The van der Waals surface area contributed by atoms with E-state index in [1.54, 1.807) is 12.2 Å². The van der Waals surface area contributed by atoms with Crippen molar-refractivity contribution in [3.8, 4) is 0 Å². The standard InChI is InChI=1S/C24H32O6/c1-4-5-19-29-18-11-16-15-7-6-13-10-14(25)8-9-22(13,2)20(15)17(26)12-23(16,3)24(18,30-19)21(27)28/h8-10,15-20,26H,4-7,11-12H2,1-3H3,(H,27,28)/t15-,16-,17+,18+,19-,20+,22+,23+,24-/m1/s1. The third-order valence-corrected chi connectivity index (χ3v) is 9.13. The van der Waals surface area contributed by atoms with Crippen molar-refractivity contribution >= 4 is 11.8 Å². The Morgan fingerprint density at radius 1 is 1.33 bits per heavy atom. The van der Waals surface area contributed by atoms with E-state index in [0.29, 0.717) is 19.3 Å². The molecule has 30 heavy (non-hydrogen) atoms. The predicted molar refractivity (Wildman–Crippen MR) is 108 cm³/mol. The van der Waals surface area contributed by atoms with Crippen LogP contribution in [-0.2, 0) is 19.1 Å². The highest BCUT2D eigenvalue weighted by Gasteiger charge is 2.76. The van der Waals surface area contributed by atoms with Crippen molar-refractivity contribution in [2.24, 2.45) is 28.6 Å². The quantitative estimate of drug-likeness (QED) is 0.734. The van der Waals surface area contributed by atoms with E-state index < -0.39 is 35.5 Å². The van der Waals surface area contributed by atoms with Crippen LogP contribution in [0.5, 0.6) is 0 Å². The average Bonchev–Trinajstić information content (AvgIpc) is 3.15. The lowest BCUT2D eigenvalue weighted by Crippen LogP contribution is -2.63. The van der Waals surface area contributed by atoms with Crippen LogP contribution in [0.1, 0.15) is 59.3 Å². The number of aliphatic hydroxyl groups is 1. The summed E-state index contributed by atoms with van der Waals surface area (Å²) in [7, 11) is 0. The summed E-state index contributed by atoms with van der Waals surface area (Å²) in [5.74, 6) is -0.722. The molecule has 4 aliphatic carbocycles. The summed E-state index contributed by atoms with van der Waals surface area (Å²) in [5, 5.41) is 21.8. The zero-order chi connectivity index (χ0) is 21.5. The second kappa shape index (κ2) is 6.50. The Morgan fingerprint density at radius 3 is 2.80 bits per heavy atom. The molecule has 0 aromatic carbocycles. The van der Waals surface area contributed by atoms with Crippen molar-refractivity contribution in [1.29, 1.82) is 0 Å². The fourth-order valence-corrected chi connectivity index (χ4v) is 7.87. The van der Waals surface area contributed by atoms with Crippen molar-refractivity contribution in [3.63, 3.8) is 0 Å². The summed E-state index contributed by atoms with van der Waals surface area (Å²) in [6, 6.07) is 0. The molecule has 9 atom stereocenters. The Hall–Kier alpha value is -1.50. The maximum atomic E-state index is 12.7.